The SMILES string of the molecule is CCCCC(C)Nc1cccc(C(N)=O)c1C. The Balaban J connectivity index is 2.77. The molecule has 1 amide bonds. The highest BCUT2D eigenvalue weighted by atomic mass is 16.1. The maximum absolute atomic E-state index is 11.2. The average Bonchev–Trinajstić information content (AvgIpc) is 2.28. The van der Waals surface area contributed by atoms with Crippen LogP contribution >= 0.6 is 0 Å². The first kappa shape index (κ1) is 13.6. The molecule has 1 aromatic rings. The number of carbonyl (C=O) groups is 1. The zero-order valence-electron chi connectivity index (χ0n) is 10.9. The topological polar surface area (TPSA) is 55.1 Å². The van der Waals surface area contributed by atoms with Crippen molar-refractivity contribution in [3.05, 3.63) is 29.3 Å². The van der Waals surface area contributed by atoms with Crippen molar-refractivity contribution >= 4 is 11.6 Å². The number of rotatable bonds is 6. The van der Waals surface area contributed by atoms with Gasteiger partial charge in [-0.25, -0.2) is 0 Å². The average molecular weight is 234 g/mol. The number of anilines is 1. The van der Waals surface area contributed by atoms with Crippen LogP contribution in [-0.4, -0.2) is 11.9 Å². The predicted octanol–water partition coefficient (Wildman–Crippen LogP) is 3.08. The van der Waals surface area contributed by atoms with Gasteiger partial charge in [-0.3, -0.25) is 4.79 Å². The first-order chi connectivity index (χ1) is 8.06. The van der Waals surface area contributed by atoms with E-state index in [2.05, 4.69) is 19.2 Å². The molecule has 3 N–H and O–H groups in total. The number of benzene rings is 1. The first-order valence-corrected chi connectivity index (χ1v) is 6.22. The molecule has 94 valence electrons. The van der Waals surface area contributed by atoms with E-state index < -0.39 is 0 Å². The number of nitrogens with two attached hydrogens (primary N) is 1. The lowest BCUT2D eigenvalue weighted by Crippen LogP contribution is -2.18. The van der Waals surface area contributed by atoms with Crippen LogP contribution < -0.4 is 11.1 Å². The first-order valence-electron chi connectivity index (χ1n) is 6.22. The van der Waals surface area contributed by atoms with E-state index in [9.17, 15) is 4.79 Å². The quantitative estimate of drug-likeness (QED) is 0.794. The third kappa shape index (κ3) is 3.77. The largest absolute Gasteiger partial charge is 0.382 e. The summed E-state index contributed by atoms with van der Waals surface area (Å²) in [6, 6.07) is 6.03. The highest BCUT2D eigenvalue weighted by molar-refractivity contribution is 5.95. The summed E-state index contributed by atoms with van der Waals surface area (Å²) in [6.07, 6.45) is 3.55. The minimum Gasteiger partial charge on any atom is -0.382 e. The maximum Gasteiger partial charge on any atom is 0.249 e. The Morgan fingerprint density at radius 1 is 1.47 bits per heavy atom. The lowest BCUT2D eigenvalue weighted by Gasteiger charge is -2.17. The van der Waals surface area contributed by atoms with E-state index in [1.165, 1.54) is 12.8 Å². The number of carbonyl (C=O) groups excluding carboxylic acids is 1. The zero-order chi connectivity index (χ0) is 12.8. The van der Waals surface area contributed by atoms with Gasteiger partial charge in [-0.15, -0.1) is 0 Å². The maximum atomic E-state index is 11.2. The van der Waals surface area contributed by atoms with Crippen LogP contribution in [0.1, 0.15) is 49.0 Å². The Bertz CT molecular complexity index is 388. The third-order valence-electron chi connectivity index (χ3n) is 2.99. The van der Waals surface area contributed by atoms with Crippen molar-refractivity contribution in [2.45, 2.75) is 46.1 Å². The molecule has 0 heterocycles. The van der Waals surface area contributed by atoms with Crippen molar-refractivity contribution in [1.82, 2.24) is 0 Å². The fourth-order valence-electron chi connectivity index (χ4n) is 1.91. The van der Waals surface area contributed by atoms with Gasteiger partial charge in [0.05, 0.1) is 0 Å². The van der Waals surface area contributed by atoms with Crippen molar-refractivity contribution in [2.75, 3.05) is 5.32 Å². The summed E-state index contributed by atoms with van der Waals surface area (Å²) in [7, 11) is 0. The van der Waals surface area contributed by atoms with Crippen molar-refractivity contribution in [1.29, 1.82) is 0 Å². The van der Waals surface area contributed by atoms with Gasteiger partial charge in [0.25, 0.3) is 0 Å². The number of nitrogens with one attached hydrogen (secondary N) is 1. The van der Waals surface area contributed by atoms with Gasteiger partial charge in [-0.05, 0) is 38.0 Å². The Labute approximate surface area is 103 Å². The van der Waals surface area contributed by atoms with Crippen molar-refractivity contribution in [3.8, 4) is 0 Å². The van der Waals surface area contributed by atoms with E-state index in [0.717, 1.165) is 17.7 Å². The van der Waals surface area contributed by atoms with E-state index in [1.807, 2.05) is 19.1 Å². The number of hydrogen-bond donors (Lipinski definition) is 2. The minimum atomic E-state index is -0.368. The molecule has 17 heavy (non-hydrogen) atoms. The molecular weight excluding hydrogens is 212 g/mol. The fourth-order valence-corrected chi connectivity index (χ4v) is 1.91. The molecule has 3 heteroatoms. The molecule has 0 saturated carbocycles. The second-order valence-corrected chi connectivity index (χ2v) is 4.53. The monoisotopic (exact) mass is 234 g/mol. The van der Waals surface area contributed by atoms with Gasteiger partial charge >= 0.3 is 0 Å². The molecule has 0 aliphatic rings. The Morgan fingerprint density at radius 3 is 2.76 bits per heavy atom. The van der Waals surface area contributed by atoms with E-state index in [-0.39, 0.29) is 5.91 Å². The second kappa shape index (κ2) is 6.28. The number of primary amides is 1. The summed E-state index contributed by atoms with van der Waals surface area (Å²) < 4.78 is 0. The molecule has 0 radical (unpaired) electrons. The van der Waals surface area contributed by atoms with E-state index >= 15 is 0 Å². The van der Waals surface area contributed by atoms with E-state index in [4.69, 9.17) is 5.73 Å². The molecule has 3 nitrogen and oxygen atoms in total. The summed E-state index contributed by atoms with van der Waals surface area (Å²) in [5.74, 6) is -0.368. The summed E-state index contributed by atoms with van der Waals surface area (Å²) in [4.78, 5) is 11.2. The van der Waals surface area contributed by atoms with Crippen LogP contribution in [0.15, 0.2) is 18.2 Å². The van der Waals surface area contributed by atoms with E-state index in [1.54, 1.807) is 6.07 Å². The normalized spacial score (nSPS) is 12.2. The van der Waals surface area contributed by atoms with Crippen LogP contribution in [0.4, 0.5) is 5.69 Å². The predicted molar refractivity (Wildman–Crippen MR) is 72.3 cm³/mol. The fraction of sp³-hybridized carbons (Fsp3) is 0.500. The minimum absolute atomic E-state index is 0.368. The zero-order valence-corrected chi connectivity index (χ0v) is 10.9. The van der Waals surface area contributed by atoms with Gasteiger partial charge < -0.3 is 11.1 Å². The summed E-state index contributed by atoms with van der Waals surface area (Å²) in [5, 5.41) is 3.43. The van der Waals surface area contributed by atoms with Crippen LogP contribution in [0.3, 0.4) is 0 Å². The van der Waals surface area contributed by atoms with Crippen molar-refractivity contribution in [3.63, 3.8) is 0 Å². The van der Waals surface area contributed by atoms with Gasteiger partial charge in [0, 0.05) is 17.3 Å². The Kier molecular flexibility index (Phi) is 5.01. The van der Waals surface area contributed by atoms with Crippen LogP contribution in [0.25, 0.3) is 0 Å². The molecule has 0 aliphatic heterocycles. The highest BCUT2D eigenvalue weighted by Crippen LogP contribution is 2.20. The summed E-state index contributed by atoms with van der Waals surface area (Å²) in [5.41, 5.74) is 7.86. The Morgan fingerprint density at radius 2 is 2.18 bits per heavy atom. The van der Waals surface area contributed by atoms with Gasteiger partial charge in [-0.2, -0.15) is 0 Å². The standard InChI is InChI=1S/C14H22N2O/c1-4-5-7-10(2)16-13-9-6-8-12(11(13)3)14(15)17/h6,8-10,16H,4-5,7H2,1-3H3,(H2,15,17). The third-order valence-corrected chi connectivity index (χ3v) is 2.99. The Hall–Kier alpha value is -1.51. The molecule has 0 saturated heterocycles. The molecule has 1 unspecified atom stereocenters. The van der Waals surface area contributed by atoms with Crippen LogP contribution in [0.2, 0.25) is 0 Å². The van der Waals surface area contributed by atoms with Gasteiger partial charge in [-0.1, -0.05) is 25.8 Å². The molecule has 1 atom stereocenters. The van der Waals surface area contributed by atoms with E-state index in [0.29, 0.717) is 11.6 Å². The smallest absolute Gasteiger partial charge is 0.249 e. The molecule has 0 aromatic heterocycles. The number of unbranched alkanes of at least 4 members (excludes halogenated alkanes) is 1. The second-order valence-electron chi connectivity index (χ2n) is 4.53. The van der Waals surface area contributed by atoms with Crippen LogP contribution in [-0.2, 0) is 0 Å². The molecule has 0 bridgehead atoms. The lowest BCUT2D eigenvalue weighted by molar-refractivity contribution is 0.1000. The molecule has 0 aliphatic carbocycles. The molecule has 1 aromatic carbocycles. The lowest BCUT2D eigenvalue weighted by atomic mass is 10.0. The van der Waals surface area contributed by atoms with Gasteiger partial charge in [0.15, 0.2) is 0 Å². The van der Waals surface area contributed by atoms with Crippen molar-refractivity contribution < 1.29 is 4.79 Å². The summed E-state index contributed by atoms with van der Waals surface area (Å²) in [6.45, 7) is 6.27. The molecular formula is C14H22N2O. The van der Waals surface area contributed by atoms with Crippen LogP contribution in [0.5, 0.6) is 0 Å². The summed E-state index contributed by atoms with van der Waals surface area (Å²) >= 11 is 0. The van der Waals surface area contributed by atoms with Crippen molar-refractivity contribution in [2.24, 2.45) is 5.73 Å². The van der Waals surface area contributed by atoms with Gasteiger partial charge in [0.2, 0.25) is 5.91 Å². The molecule has 0 fully saturated rings. The highest BCUT2D eigenvalue weighted by Gasteiger charge is 2.09. The van der Waals surface area contributed by atoms with Gasteiger partial charge in [0.1, 0.15) is 0 Å². The number of amides is 1. The molecule has 0 spiro atoms. The van der Waals surface area contributed by atoms with Crippen LogP contribution in [0, 0.1) is 6.92 Å². The number of hydrogen-bond acceptors (Lipinski definition) is 2. The molecule has 1 rings (SSSR count).